The number of H-pyrrole nitrogens is 1. The molecule has 4 heterocycles. The lowest BCUT2D eigenvalue weighted by molar-refractivity contribution is 0.0215. The molecule has 228 valence electrons. The summed E-state index contributed by atoms with van der Waals surface area (Å²) in [5.41, 5.74) is 4.99. The number of amides is 1. The molecule has 12 nitrogen and oxygen atoms in total. The van der Waals surface area contributed by atoms with Crippen molar-refractivity contribution in [2.45, 2.75) is 50.9 Å². The third-order valence-corrected chi connectivity index (χ3v) is 8.41. The van der Waals surface area contributed by atoms with Crippen LogP contribution in [0.25, 0.3) is 33.3 Å². The zero-order valence-corrected chi connectivity index (χ0v) is 24.8. The summed E-state index contributed by atoms with van der Waals surface area (Å²) in [6, 6.07) is 11.0. The number of aliphatic hydroxyl groups excluding tert-OH is 1. The summed E-state index contributed by atoms with van der Waals surface area (Å²) < 4.78 is 23.2. The monoisotopic (exact) mass is 598 g/mol. The number of oxazole rings is 1. The third kappa shape index (κ3) is 5.20. The Morgan fingerprint density at radius 3 is 2.70 bits per heavy atom. The van der Waals surface area contributed by atoms with E-state index in [0.717, 1.165) is 47.7 Å². The smallest absolute Gasteiger partial charge is 0.254 e. The van der Waals surface area contributed by atoms with Crippen LogP contribution in [0.3, 0.4) is 0 Å². The molecule has 1 aliphatic heterocycles. The van der Waals surface area contributed by atoms with Crippen LogP contribution in [-0.4, -0.2) is 81.5 Å². The number of fused-ring (bicyclic) bond motifs is 2. The zero-order valence-electron chi connectivity index (χ0n) is 24.8. The molecule has 1 saturated carbocycles. The number of carbonyl (C=O) groups is 1. The van der Waals surface area contributed by atoms with Crippen molar-refractivity contribution in [1.29, 1.82) is 0 Å². The van der Waals surface area contributed by atoms with Crippen LogP contribution in [0.1, 0.15) is 41.9 Å². The fraction of sp³-hybridized carbons (Fsp3) is 0.375. The van der Waals surface area contributed by atoms with E-state index < -0.39 is 12.2 Å². The van der Waals surface area contributed by atoms with Gasteiger partial charge < -0.3 is 38.9 Å². The van der Waals surface area contributed by atoms with E-state index in [1.807, 2.05) is 31.3 Å². The maximum absolute atomic E-state index is 13.2. The SMILES string of the molecule is COc1cc(C(=O)N2CC(O)[C@@H](OC)C2)ccc1Nc1nc(OC2CCCC2)c2c(-c3ccc4nc(C)oc4c3)c[nH]c2n1. The number of hydrogen-bond acceptors (Lipinski definition) is 10. The van der Waals surface area contributed by atoms with Crippen molar-refractivity contribution in [2.24, 2.45) is 0 Å². The molecule has 7 rings (SSSR count). The summed E-state index contributed by atoms with van der Waals surface area (Å²) in [4.78, 5) is 32.1. The number of aromatic nitrogens is 4. The number of β-amino-alcohol motifs (C(OH)–C–C–N with tert-alkyl or cyclic N) is 1. The fourth-order valence-corrected chi connectivity index (χ4v) is 6.13. The average molecular weight is 599 g/mol. The van der Waals surface area contributed by atoms with E-state index >= 15 is 0 Å². The predicted molar refractivity (Wildman–Crippen MR) is 163 cm³/mol. The van der Waals surface area contributed by atoms with Gasteiger partial charge in [0.15, 0.2) is 11.5 Å². The topological polar surface area (TPSA) is 148 Å². The second kappa shape index (κ2) is 11.4. The van der Waals surface area contributed by atoms with Crippen LogP contribution in [-0.2, 0) is 4.74 Å². The standard InChI is InChI=1S/C32H34N6O6/c1-17-34-23-10-8-18(12-26(23)43-17)21-14-33-29-28(21)30(44-20-6-4-5-7-20)37-32(36-29)35-22-11-9-19(13-25(22)41-2)31(40)38-15-24(39)27(16-38)42-3/h8-14,20,24,27,39H,4-7,15-16H2,1-3H3,(H2,33,35,36,37)/t24?,27-/m0/s1. The molecule has 0 spiro atoms. The lowest BCUT2D eigenvalue weighted by atomic mass is 10.1. The lowest BCUT2D eigenvalue weighted by Gasteiger charge is -2.18. The minimum atomic E-state index is -0.720. The number of aliphatic hydroxyl groups is 1. The van der Waals surface area contributed by atoms with Gasteiger partial charge in [-0.15, -0.1) is 0 Å². The first kappa shape index (κ1) is 28.1. The highest BCUT2D eigenvalue weighted by molar-refractivity contribution is 5.99. The second-order valence-corrected chi connectivity index (χ2v) is 11.3. The third-order valence-electron chi connectivity index (χ3n) is 8.41. The van der Waals surface area contributed by atoms with Gasteiger partial charge in [-0.05, 0) is 61.6 Å². The van der Waals surface area contributed by atoms with Crippen LogP contribution in [0.15, 0.2) is 47.0 Å². The van der Waals surface area contributed by atoms with Crippen molar-refractivity contribution in [3.63, 3.8) is 0 Å². The van der Waals surface area contributed by atoms with Crippen LogP contribution in [0.2, 0.25) is 0 Å². The maximum Gasteiger partial charge on any atom is 0.254 e. The Kier molecular flexibility index (Phi) is 7.31. The summed E-state index contributed by atoms with van der Waals surface area (Å²) in [5.74, 6) is 1.66. The van der Waals surface area contributed by atoms with Gasteiger partial charge in [0.1, 0.15) is 29.1 Å². The van der Waals surface area contributed by atoms with Gasteiger partial charge in [-0.2, -0.15) is 9.97 Å². The maximum atomic E-state index is 13.2. The van der Waals surface area contributed by atoms with Crippen molar-refractivity contribution in [1.82, 2.24) is 24.8 Å². The summed E-state index contributed by atoms with van der Waals surface area (Å²) in [6.07, 6.45) is 5.04. The molecule has 1 amide bonds. The summed E-state index contributed by atoms with van der Waals surface area (Å²) in [5, 5.41) is 14.2. The van der Waals surface area contributed by atoms with Gasteiger partial charge in [-0.25, -0.2) is 4.98 Å². The van der Waals surface area contributed by atoms with Gasteiger partial charge in [-0.3, -0.25) is 4.79 Å². The van der Waals surface area contributed by atoms with E-state index in [9.17, 15) is 9.90 Å². The second-order valence-electron chi connectivity index (χ2n) is 11.3. The number of nitrogens with zero attached hydrogens (tertiary/aromatic N) is 4. The van der Waals surface area contributed by atoms with E-state index in [4.69, 9.17) is 28.6 Å². The zero-order chi connectivity index (χ0) is 30.4. The molecule has 3 N–H and O–H groups in total. The van der Waals surface area contributed by atoms with Gasteiger partial charge in [0.2, 0.25) is 11.8 Å². The normalized spacial score (nSPS) is 18.9. The number of hydrogen-bond donors (Lipinski definition) is 3. The predicted octanol–water partition coefficient (Wildman–Crippen LogP) is 4.98. The van der Waals surface area contributed by atoms with Gasteiger partial charge in [0, 0.05) is 44.4 Å². The molecule has 1 unspecified atom stereocenters. The lowest BCUT2D eigenvalue weighted by Crippen LogP contribution is -2.30. The minimum absolute atomic E-state index is 0.0738. The van der Waals surface area contributed by atoms with Crippen molar-refractivity contribution in [3.05, 3.63) is 54.0 Å². The molecule has 5 aromatic rings. The molecule has 1 saturated heterocycles. The Hall–Kier alpha value is -4.68. The van der Waals surface area contributed by atoms with Crippen LogP contribution >= 0.6 is 0 Å². The highest BCUT2D eigenvalue weighted by Crippen LogP contribution is 2.38. The summed E-state index contributed by atoms with van der Waals surface area (Å²) in [7, 11) is 3.07. The molecule has 12 heteroatoms. The highest BCUT2D eigenvalue weighted by atomic mass is 16.5. The minimum Gasteiger partial charge on any atom is -0.495 e. The molecule has 2 aromatic carbocycles. The molecular weight excluding hydrogens is 564 g/mol. The molecule has 0 bridgehead atoms. The van der Waals surface area contributed by atoms with Gasteiger partial charge in [-0.1, -0.05) is 6.07 Å². The number of methoxy groups -OCH3 is 2. The quantitative estimate of drug-likeness (QED) is 0.223. The first-order valence-electron chi connectivity index (χ1n) is 14.8. The van der Waals surface area contributed by atoms with E-state index in [1.165, 1.54) is 14.2 Å². The molecule has 2 fully saturated rings. The van der Waals surface area contributed by atoms with Crippen molar-refractivity contribution in [3.8, 4) is 22.8 Å². The molecule has 44 heavy (non-hydrogen) atoms. The Labute approximate surface area is 253 Å². The molecular formula is C32H34N6O6. The molecule has 0 radical (unpaired) electrons. The van der Waals surface area contributed by atoms with Crippen LogP contribution < -0.4 is 14.8 Å². The Balaban J connectivity index is 1.22. The molecule has 3 aromatic heterocycles. The number of nitrogens with one attached hydrogen (secondary N) is 2. The van der Waals surface area contributed by atoms with Crippen LogP contribution in [0.4, 0.5) is 11.6 Å². The number of ether oxygens (including phenoxy) is 3. The number of anilines is 2. The molecule has 2 atom stereocenters. The Morgan fingerprint density at radius 1 is 1.09 bits per heavy atom. The first-order valence-corrected chi connectivity index (χ1v) is 14.8. The van der Waals surface area contributed by atoms with E-state index in [-0.39, 0.29) is 18.6 Å². The summed E-state index contributed by atoms with van der Waals surface area (Å²) >= 11 is 0. The average Bonchev–Trinajstić information content (AvgIpc) is 3.83. The number of rotatable bonds is 8. The van der Waals surface area contributed by atoms with Crippen molar-refractivity contribution < 1.29 is 28.5 Å². The molecule has 2 aliphatic rings. The number of carbonyl (C=O) groups excluding carboxylic acids is 1. The largest absolute Gasteiger partial charge is 0.495 e. The van der Waals surface area contributed by atoms with E-state index in [2.05, 4.69) is 15.3 Å². The van der Waals surface area contributed by atoms with Gasteiger partial charge in [0.25, 0.3) is 5.91 Å². The first-order chi connectivity index (χ1) is 21.4. The Morgan fingerprint density at radius 2 is 1.93 bits per heavy atom. The van der Waals surface area contributed by atoms with Crippen molar-refractivity contribution in [2.75, 3.05) is 32.6 Å². The van der Waals surface area contributed by atoms with Gasteiger partial charge >= 0.3 is 0 Å². The number of likely N-dealkylation sites (tertiary alicyclic amines) is 1. The fourth-order valence-electron chi connectivity index (χ4n) is 6.13. The number of aromatic amines is 1. The summed E-state index contributed by atoms with van der Waals surface area (Å²) in [6.45, 7) is 2.36. The van der Waals surface area contributed by atoms with Crippen molar-refractivity contribution >= 4 is 39.7 Å². The highest BCUT2D eigenvalue weighted by Gasteiger charge is 2.34. The van der Waals surface area contributed by atoms with E-state index in [1.54, 1.807) is 23.1 Å². The number of benzene rings is 2. The number of aryl methyl sites for hydroxylation is 1. The Bertz CT molecular complexity index is 1840. The van der Waals surface area contributed by atoms with E-state index in [0.29, 0.717) is 52.5 Å². The van der Waals surface area contributed by atoms with Crippen LogP contribution in [0, 0.1) is 6.92 Å². The molecule has 1 aliphatic carbocycles. The van der Waals surface area contributed by atoms with Crippen LogP contribution in [0.5, 0.6) is 11.6 Å². The van der Waals surface area contributed by atoms with Gasteiger partial charge in [0.05, 0.1) is 24.3 Å².